The first-order chi connectivity index (χ1) is 8.15. The number of ether oxygens (including phenoxy) is 1. The van der Waals surface area contributed by atoms with E-state index in [1.54, 1.807) is 6.07 Å². The zero-order chi connectivity index (χ0) is 12.3. The van der Waals surface area contributed by atoms with E-state index in [0.29, 0.717) is 16.5 Å². The van der Waals surface area contributed by atoms with Gasteiger partial charge >= 0.3 is 5.97 Å². The molecule has 0 aliphatic heterocycles. The highest BCUT2D eigenvalue weighted by Crippen LogP contribution is 2.16. The molecule has 0 atom stereocenters. The van der Waals surface area contributed by atoms with Crippen molar-refractivity contribution in [3.8, 4) is 5.75 Å². The van der Waals surface area contributed by atoms with Crippen LogP contribution in [-0.4, -0.2) is 21.2 Å². The molecule has 0 saturated carbocycles. The molecule has 2 rings (SSSR count). The molecule has 2 aromatic heterocycles. The highest BCUT2D eigenvalue weighted by Gasteiger charge is 2.10. The number of pyridine rings is 1. The topological polar surface area (TPSA) is 85.5 Å². The number of halogens is 1. The summed E-state index contributed by atoms with van der Waals surface area (Å²) in [6, 6.07) is 2.88. The predicted octanol–water partition coefficient (Wildman–Crippen LogP) is 2.00. The zero-order valence-electron chi connectivity index (χ0n) is 8.46. The van der Waals surface area contributed by atoms with Crippen LogP contribution in [0.5, 0.6) is 5.75 Å². The van der Waals surface area contributed by atoms with Gasteiger partial charge in [0.2, 0.25) is 0 Å². The van der Waals surface area contributed by atoms with E-state index in [1.165, 1.54) is 18.5 Å². The maximum Gasteiger partial charge on any atom is 0.358 e. The monoisotopic (exact) mass is 254 g/mol. The summed E-state index contributed by atoms with van der Waals surface area (Å²) in [6.07, 6.45) is 2.96. The van der Waals surface area contributed by atoms with Crippen molar-refractivity contribution in [3.63, 3.8) is 0 Å². The first-order valence-electron chi connectivity index (χ1n) is 4.57. The summed E-state index contributed by atoms with van der Waals surface area (Å²) < 4.78 is 10.1. The number of rotatable bonds is 4. The minimum absolute atomic E-state index is 0.0578. The first-order valence-corrected chi connectivity index (χ1v) is 4.95. The lowest BCUT2D eigenvalue weighted by molar-refractivity contribution is 0.0685. The Morgan fingerprint density at radius 1 is 1.47 bits per heavy atom. The number of aromatic carboxylic acids is 1. The predicted molar refractivity (Wildman–Crippen MR) is 57.0 cm³/mol. The number of hydrogen-bond acceptors (Lipinski definition) is 5. The molecule has 6 nitrogen and oxygen atoms in total. The van der Waals surface area contributed by atoms with Gasteiger partial charge in [-0.1, -0.05) is 16.8 Å². The lowest BCUT2D eigenvalue weighted by atomic mass is 10.4. The second-order valence-electron chi connectivity index (χ2n) is 3.11. The zero-order valence-corrected chi connectivity index (χ0v) is 9.22. The maximum absolute atomic E-state index is 10.5. The van der Waals surface area contributed by atoms with Crippen molar-refractivity contribution < 1.29 is 19.2 Å². The van der Waals surface area contributed by atoms with Crippen molar-refractivity contribution in [3.05, 3.63) is 41.0 Å². The molecule has 0 fully saturated rings. The summed E-state index contributed by atoms with van der Waals surface area (Å²) in [7, 11) is 0. The van der Waals surface area contributed by atoms with Crippen LogP contribution >= 0.6 is 11.6 Å². The second kappa shape index (κ2) is 4.84. The summed E-state index contributed by atoms with van der Waals surface area (Å²) in [4.78, 5) is 14.4. The Labute approximate surface area is 101 Å². The van der Waals surface area contributed by atoms with Crippen molar-refractivity contribution in [2.45, 2.75) is 6.61 Å². The highest BCUT2D eigenvalue weighted by molar-refractivity contribution is 6.30. The number of carbonyl (C=O) groups is 1. The summed E-state index contributed by atoms with van der Waals surface area (Å²) >= 11 is 5.72. The van der Waals surface area contributed by atoms with Gasteiger partial charge in [0, 0.05) is 18.3 Å². The maximum atomic E-state index is 10.5. The third kappa shape index (κ3) is 2.94. The van der Waals surface area contributed by atoms with E-state index in [9.17, 15) is 4.79 Å². The average Bonchev–Trinajstić information content (AvgIpc) is 2.75. The molecule has 0 unspecified atom stereocenters. The molecule has 0 saturated heterocycles. The summed E-state index contributed by atoms with van der Waals surface area (Å²) in [6.45, 7) is 0.0578. The smallest absolute Gasteiger partial charge is 0.358 e. The molecule has 7 heteroatoms. The Bertz CT molecular complexity index is 541. The molecule has 0 aromatic carbocycles. The molecule has 0 amide bonds. The van der Waals surface area contributed by atoms with Crippen molar-refractivity contribution >= 4 is 17.6 Å². The fourth-order valence-electron chi connectivity index (χ4n) is 1.11. The Kier molecular flexibility index (Phi) is 3.24. The van der Waals surface area contributed by atoms with E-state index in [0.717, 1.165) is 0 Å². The van der Waals surface area contributed by atoms with Crippen molar-refractivity contribution in [2.24, 2.45) is 0 Å². The van der Waals surface area contributed by atoms with Gasteiger partial charge in [-0.3, -0.25) is 4.98 Å². The Hall–Kier alpha value is -2.08. The van der Waals surface area contributed by atoms with E-state index in [1.807, 2.05) is 0 Å². The van der Waals surface area contributed by atoms with Crippen molar-refractivity contribution in [1.29, 1.82) is 0 Å². The second-order valence-corrected chi connectivity index (χ2v) is 3.55. The van der Waals surface area contributed by atoms with Gasteiger partial charge < -0.3 is 14.4 Å². The average molecular weight is 255 g/mol. The van der Waals surface area contributed by atoms with Crippen LogP contribution in [0.1, 0.15) is 16.2 Å². The van der Waals surface area contributed by atoms with Crippen LogP contribution in [-0.2, 0) is 6.61 Å². The van der Waals surface area contributed by atoms with Gasteiger partial charge in [0.1, 0.15) is 12.4 Å². The van der Waals surface area contributed by atoms with Gasteiger partial charge in [-0.2, -0.15) is 0 Å². The van der Waals surface area contributed by atoms with Crippen LogP contribution in [0.25, 0.3) is 0 Å². The number of carboxylic acids is 1. The lowest BCUT2D eigenvalue weighted by Gasteiger charge is -2.02. The standard InChI is InChI=1S/C10H7ClN2O4/c11-6-1-7(4-12-3-6)16-5-8-2-9(10(14)15)13-17-8/h1-4H,5H2,(H,14,15). The van der Waals surface area contributed by atoms with Crippen LogP contribution in [0.15, 0.2) is 29.0 Å². The summed E-state index contributed by atoms with van der Waals surface area (Å²) in [5.41, 5.74) is -0.159. The van der Waals surface area contributed by atoms with Gasteiger partial charge in [-0.05, 0) is 0 Å². The minimum atomic E-state index is -1.15. The molecule has 2 heterocycles. The summed E-state index contributed by atoms with van der Waals surface area (Å²) in [5, 5.41) is 12.4. The van der Waals surface area contributed by atoms with Crippen LogP contribution in [0.3, 0.4) is 0 Å². The molecule has 2 aromatic rings. The van der Waals surface area contributed by atoms with E-state index in [2.05, 4.69) is 10.1 Å². The number of hydrogen-bond donors (Lipinski definition) is 1. The Morgan fingerprint density at radius 2 is 2.29 bits per heavy atom. The third-order valence-electron chi connectivity index (χ3n) is 1.84. The molecule has 0 aliphatic carbocycles. The normalized spacial score (nSPS) is 10.2. The lowest BCUT2D eigenvalue weighted by Crippen LogP contribution is -1.96. The highest BCUT2D eigenvalue weighted by atomic mass is 35.5. The SMILES string of the molecule is O=C(O)c1cc(COc2cncc(Cl)c2)on1. The van der Waals surface area contributed by atoms with Gasteiger partial charge in [-0.25, -0.2) is 4.79 Å². The molecule has 88 valence electrons. The van der Waals surface area contributed by atoms with E-state index in [-0.39, 0.29) is 12.3 Å². The molecule has 0 radical (unpaired) electrons. The number of nitrogens with zero attached hydrogens (tertiary/aromatic N) is 2. The van der Waals surface area contributed by atoms with Crippen LogP contribution in [0.4, 0.5) is 0 Å². The van der Waals surface area contributed by atoms with E-state index < -0.39 is 5.97 Å². The van der Waals surface area contributed by atoms with Crippen LogP contribution in [0, 0.1) is 0 Å². The van der Waals surface area contributed by atoms with Crippen LogP contribution < -0.4 is 4.74 Å². The van der Waals surface area contributed by atoms with Gasteiger partial charge in [0.05, 0.1) is 11.2 Å². The Balaban J connectivity index is 2.00. The number of aromatic nitrogens is 2. The largest absolute Gasteiger partial charge is 0.484 e. The van der Waals surface area contributed by atoms with Gasteiger partial charge in [0.25, 0.3) is 0 Å². The number of carboxylic acid groups (broad SMARTS) is 1. The molecular weight excluding hydrogens is 248 g/mol. The van der Waals surface area contributed by atoms with E-state index in [4.69, 9.17) is 26.0 Å². The first kappa shape index (κ1) is 11.4. The molecule has 17 heavy (non-hydrogen) atoms. The molecule has 0 spiro atoms. The van der Waals surface area contributed by atoms with E-state index >= 15 is 0 Å². The Morgan fingerprint density at radius 3 is 2.94 bits per heavy atom. The van der Waals surface area contributed by atoms with Crippen molar-refractivity contribution in [1.82, 2.24) is 10.1 Å². The fraction of sp³-hybridized carbons (Fsp3) is 0.100. The summed E-state index contributed by atoms with van der Waals surface area (Å²) in [5.74, 6) is -0.377. The van der Waals surface area contributed by atoms with Crippen molar-refractivity contribution in [2.75, 3.05) is 0 Å². The fourth-order valence-corrected chi connectivity index (χ4v) is 1.27. The quantitative estimate of drug-likeness (QED) is 0.898. The third-order valence-corrected chi connectivity index (χ3v) is 2.05. The van der Waals surface area contributed by atoms with Crippen LogP contribution in [0.2, 0.25) is 5.02 Å². The molecular formula is C10H7ClN2O4. The molecule has 0 bridgehead atoms. The van der Waals surface area contributed by atoms with Gasteiger partial charge in [-0.15, -0.1) is 0 Å². The molecule has 0 aliphatic rings. The van der Waals surface area contributed by atoms with Gasteiger partial charge in [0.15, 0.2) is 11.5 Å². The molecule has 1 N–H and O–H groups in total. The minimum Gasteiger partial charge on any atom is -0.484 e.